The SMILES string of the molecule is CCOC(=O)C(CC)c1ccncc1F. The molecule has 0 aliphatic heterocycles. The van der Waals surface area contributed by atoms with E-state index in [0.29, 0.717) is 18.6 Å². The Morgan fingerprint density at radius 2 is 2.33 bits per heavy atom. The molecule has 1 unspecified atom stereocenters. The van der Waals surface area contributed by atoms with Crippen LogP contribution < -0.4 is 0 Å². The minimum atomic E-state index is -0.534. The molecular formula is C11H14FNO2. The highest BCUT2D eigenvalue weighted by Crippen LogP contribution is 2.22. The molecule has 1 rings (SSSR count). The average Bonchev–Trinajstić information content (AvgIpc) is 2.22. The molecule has 0 aromatic carbocycles. The number of aromatic nitrogens is 1. The van der Waals surface area contributed by atoms with Crippen LogP contribution >= 0.6 is 0 Å². The van der Waals surface area contributed by atoms with Gasteiger partial charge in [-0.1, -0.05) is 6.92 Å². The number of carbonyl (C=O) groups is 1. The molecule has 0 saturated heterocycles. The highest BCUT2D eigenvalue weighted by Gasteiger charge is 2.22. The lowest BCUT2D eigenvalue weighted by atomic mass is 9.97. The zero-order chi connectivity index (χ0) is 11.3. The number of halogens is 1. The predicted molar refractivity (Wildman–Crippen MR) is 53.9 cm³/mol. The molecule has 4 heteroatoms. The van der Waals surface area contributed by atoms with Gasteiger partial charge >= 0.3 is 5.97 Å². The first-order chi connectivity index (χ1) is 7.20. The van der Waals surface area contributed by atoms with Crippen molar-refractivity contribution in [3.63, 3.8) is 0 Å². The first kappa shape index (κ1) is 11.6. The maximum atomic E-state index is 13.4. The monoisotopic (exact) mass is 211 g/mol. The van der Waals surface area contributed by atoms with E-state index in [-0.39, 0.29) is 5.97 Å². The number of hydrogen-bond acceptors (Lipinski definition) is 3. The Bertz CT molecular complexity index is 341. The van der Waals surface area contributed by atoms with E-state index in [1.165, 1.54) is 12.3 Å². The third-order valence-corrected chi connectivity index (χ3v) is 2.16. The van der Waals surface area contributed by atoms with Gasteiger partial charge in [-0.05, 0) is 19.4 Å². The number of nitrogens with zero attached hydrogens (tertiary/aromatic N) is 1. The minimum Gasteiger partial charge on any atom is -0.466 e. The first-order valence-corrected chi connectivity index (χ1v) is 4.96. The number of hydrogen-bond donors (Lipinski definition) is 0. The fraction of sp³-hybridized carbons (Fsp3) is 0.455. The van der Waals surface area contributed by atoms with E-state index in [1.54, 1.807) is 6.92 Å². The van der Waals surface area contributed by atoms with Crippen LogP contribution in [-0.2, 0) is 9.53 Å². The summed E-state index contributed by atoms with van der Waals surface area (Å²) in [5.41, 5.74) is 0.353. The van der Waals surface area contributed by atoms with E-state index in [1.807, 2.05) is 6.92 Å². The molecule has 0 fully saturated rings. The van der Waals surface area contributed by atoms with Gasteiger partial charge in [0, 0.05) is 11.8 Å². The van der Waals surface area contributed by atoms with Gasteiger partial charge in [-0.3, -0.25) is 9.78 Å². The van der Waals surface area contributed by atoms with Crippen molar-refractivity contribution in [1.29, 1.82) is 0 Å². The molecule has 0 saturated carbocycles. The summed E-state index contributed by atoms with van der Waals surface area (Å²) in [6.07, 6.45) is 3.09. The van der Waals surface area contributed by atoms with Crippen molar-refractivity contribution < 1.29 is 13.9 Å². The molecule has 0 radical (unpaired) electrons. The van der Waals surface area contributed by atoms with Crippen molar-refractivity contribution in [1.82, 2.24) is 4.98 Å². The smallest absolute Gasteiger partial charge is 0.313 e. The van der Waals surface area contributed by atoms with E-state index in [2.05, 4.69) is 4.98 Å². The summed E-state index contributed by atoms with van der Waals surface area (Å²) in [5.74, 6) is -1.38. The number of rotatable bonds is 4. The van der Waals surface area contributed by atoms with Gasteiger partial charge in [0.15, 0.2) is 0 Å². The molecule has 0 spiro atoms. The van der Waals surface area contributed by atoms with Gasteiger partial charge in [0.1, 0.15) is 5.82 Å². The topological polar surface area (TPSA) is 39.2 Å². The summed E-state index contributed by atoms with van der Waals surface area (Å²) < 4.78 is 18.2. The van der Waals surface area contributed by atoms with Crippen molar-refractivity contribution in [2.45, 2.75) is 26.2 Å². The van der Waals surface area contributed by atoms with Crippen molar-refractivity contribution in [2.24, 2.45) is 0 Å². The largest absolute Gasteiger partial charge is 0.466 e. The molecule has 1 atom stereocenters. The van der Waals surface area contributed by atoms with Crippen LogP contribution in [0.4, 0.5) is 4.39 Å². The Balaban J connectivity index is 2.92. The van der Waals surface area contributed by atoms with Crippen molar-refractivity contribution in [3.05, 3.63) is 29.8 Å². The maximum absolute atomic E-state index is 13.4. The van der Waals surface area contributed by atoms with Crippen LogP contribution in [0.3, 0.4) is 0 Å². The first-order valence-electron chi connectivity index (χ1n) is 4.96. The van der Waals surface area contributed by atoms with Crippen LogP contribution in [0, 0.1) is 5.82 Å². The average molecular weight is 211 g/mol. The van der Waals surface area contributed by atoms with Crippen LogP contribution in [0.2, 0.25) is 0 Å². The lowest BCUT2D eigenvalue weighted by Gasteiger charge is -2.13. The van der Waals surface area contributed by atoms with Crippen LogP contribution in [0.5, 0.6) is 0 Å². The highest BCUT2D eigenvalue weighted by molar-refractivity contribution is 5.78. The molecule has 0 aliphatic carbocycles. The highest BCUT2D eigenvalue weighted by atomic mass is 19.1. The lowest BCUT2D eigenvalue weighted by molar-refractivity contribution is -0.145. The molecule has 3 nitrogen and oxygen atoms in total. The number of ether oxygens (including phenoxy) is 1. The van der Waals surface area contributed by atoms with E-state index in [9.17, 15) is 9.18 Å². The maximum Gasteiger partial charge on any atom is 0.313 e. The van der Waals surface area contributed by atoms with Crippen LogP contribution in [0.1, 0.15) is 31.7 Å². The third kappa shape index (κ3) is 2.75. The molecule has 1 aromatic heterocycles. The standard InChI is InChI=1S/C11H14FNO2/c1-3-8(11(14)15-4-2)9-5-6-13-7-10(9)12/h5-8H,3-4H2,1-2H3. The Morgan fingerprint density at radius 1 is 1.60 bits per heavy atom. The van der Waals surface area contributed by atoms with Gasteiger partial charge < -0.3 is 4.74 Å². The van der Waals surface area contributed by atoms with Crippen LogP contribution in [-0.4, -0.2) is 17.6 Å². The van der Waals surface area contributed by atoms with Crippen molar-refractivity contribution >= 4 is 5.97 Å². The van der Waals surface area contributed by atoms with E-state index >= 15 is 0 Å². The summed E-state index contributed by atoms with van der Waals surface area (Å²) in [6.45, 7) is 3.86. The van der Waals surface area contributed by atoms with Gasteiger partial charge in [-0.15, -0.1) is 0 Å². The van der Waals surface area contributed by atoms with Crippen LogP contribution in [0.25, 0.3) is 0 Å². The quantitative estimate of drug-likeness (QED) is 0.717. The predicted octanol–water partition coefficient (Wildman–Crippen LogP) is 2.28. The summed E-state index contributed by atoms with van der Waals surface area (Å²) in [7, 11) is 0. The zero-order valence-corrected chi connectivity index (χ0v) is 8.87. The van der Waals surface area contributed by atoms with Gasteiger partial charge in [0.2, 0.25) is 0 Å². The second kappa shape index (κ2) is 5.44. The second-order valence-electron chi connectivity index (χ2n) is 3.11. The molecule has 0 aliphatic rings. The van der Waals surface area contributed by atoms with Gasteiger partial charge in [0.25, 0.3) is 0 Å². The second-order valence-corrected chi connectivity index (χ2v) is 3.11. The molecule has 82 valence electrons. The Kier molecular flexibility index (Phi) is 4.21. The Morgan fingerprint density at radius 3 is 2.87 bits per heavy atom. The third-order valence-electron chi connectivity index (χ3n) is 2.16. The summed E-state index contributed by atoms with van der Waals surface area (Å²) in [4.78, 5) is 15.2. The van der Waals surface area contributed by atoms with Crippen LogP contribution in [0.15, 0.2) is 18.5 Å². The van der Waals surface area contributed by atoms with Gasteiger partial charge in [-0.25, -0.2) is 4.39 Å². The number of esters is 1. The number of carbonyl (C=O) groups excluding carboxylic acids is 1. The minimum absolute atomic E-state index is 0.308. The molecule has 0 amide bonds. The van der Waals surface area contributed by atoms with E-state index in [0.717, 1.165) is 6.20 Å². The summed E-state index contributed by atoms with van der Waals surface area (Å²) >= 11 is 0. The van der Waals surface area contributed by atoms with E-state index < -0.39 is 11.7 Å². The molecule has 1 heterocycles. The fourth-order valence-electron chi connectivity index (χ4n) is 1.42. The molecular weight excluding hydrogens is 197 g/mol. The van der Waals surface area contributed by atoms with Gasteiger partial charge in [0.05, 0.1) is 18.7 Å². The molecule has 0 N–H and O–H groups in total. The molecule has 0 bridgehead atoms. The molecule has 15 heavy (non-hydrogen) atoms. The van der Waals surface area contributed by atoms with E-state index in [4.69, 9.17) is 4.74 Å². The zero-order valence-electron chi connectivity index (χ0n) is 8.87. The van der Waals surface area contributed by atoms with Crippen molar-refractivity contribution in [3.8, 4) is 0 Å². The Hall–Kier alpha value is -1.45. The normalized spacial score (nSPS) is 12.2. The number of pyridine rings is 1. The fourth-order valence-corrected chi connectivity index (χ4v) is 1.42. The molecule has 1 aromatic rings. The Labute approximate surface area is 88.3 Å². The lowest BCUT2D eigenvalue weighted by Crippen LogP contribution is -2.16. The van der Waals surface area contributed by atoms with Crippen molar-refractivity contribution in [2.75, 3.05) is 6.61 Å². The summed E-state index contributed by atoms with van der Waals surface area (Å²) in [5, 5.41) is 0. The van der Waals surface area contributed by atoms with Gasteiger partial charge in [-0.2, -0.15) is 0 Å². The summed E-state index contributed by atoms with van der Waals surface area (Å²) in [6, 6.07) is 1.51.